The molecule has 2 aromatic rings. The van der Waals surface area contributed by atoms with Crippen LogP contribution < -0.4 is 0 Å². The van der Waals surface area contributed by atoms with Crippen LogP contribution in [0.5, 0.6) is 0 Å². The molecule has 0 aliphatic carbocycles. The van der Waals surface area contributed by atoms with E-state index < -0.39 is 0 Å². The zero-order valence-corrected chi connectivity index (χ0v) is 10.4. The van der Waals surface area contributed by atoms with Gasteiger partial charge in [0.1, 0.15) is 5.65 Å². The molecule has 0 aromatic carbocycles. The number of rotatable bonds is 4. The van der Waals surface area contributed by atoms with Gasteiger partial charge in [0.25, 0.3) is 0 Å². The molecule has 0 N–H and O–H groups in total. The third kappa shape index (κ3) is 2.16. The first-order valence-electron chi connectivity index (χ1n) is 6.51. The van der Waals surface area contributed by atoms with E-state index in [1.54, 1.807) is 6.07 Å². The maximum atomic E-state index is 10.9. The van der Waals surface area contributed by atoms with Gasteiger partial charge in [-0.3, -0.25) is 4.79 Å². The molecule has 0 amide bonds. The largest absolute Gasteiger partial charge is 0.306 e. The number of aldehydes is 1. The summed E-state index contributed by atoms with van der Waals surface area (Å²) in [6, 6.07) is 3.68. The predicted octanol–water partition coefficient (Wildman–Crippen LogP) is 1.79. The van der Waals surface area contributed by atoms with Crippen molar-refractivity contribution in [2.24, 2.45) is 0 Å². The summed E-state index contributed by atoms with van der Waals surface area (Å²) in [6.07, 6.45) is 8.43. The van der Waals surface area contributed by atoms with E-state index >= 15 is 0 Å². The Balaban J connectivity index is 1.78. The van der Waals surface area contributed by atoms with Crippen molar-refractivity contribution in [3.05, 3.63) is 35.8 Å². The second-order valence-electron chi connectivity index (χ2n) is 4.84. The second-order valence-corrected chi connectivity index (χ2v) is 4.84. The molecule has 2 aromatic heterocycles. The van der Waals surface area contributed by atoms with Crippen LogP contribution in [-0.4, -0.2) is 40.2 Å². The minimum atomic E-state index is 0.657. The molecule has 1 aliphatic rings. The second kappa shape index (κ2) is 4.90. The van der Waals surface area contributed by atoms with Gasteiger partial charge in [0.2, 0.25) is 0 Å². The smallest absolute Gasteiger partial charge is 0.153 e. The van der Waals surface area contributed by atoms with Crippen molar-refractivity contribution in [3.63, 3.8) is 0 Å². The number of likely N-dealkylation sites (tertiary alicyclic amines) is 1. The summed E-state index contributed by atoms with van der Waals surface area (Å²) in [6.45, 7) is 3.50. The Kier molecular flexibility index (Phi) is 3.11. The maximum absolute atomic E-state index is 10.9. The quantitative estimate of drug-likeness (QED) is 0.768. The van der Waals surface area contributed by atoms with E-state index in [1.165, 1.54) is 25.9 Å². The number of hydrogen-bond acceptors (Lipinski definition) is 3. The van der Waals surface area contributed by atoms with Gasteiger partial charge in [-0.2, -0.15) is 0 Å². The van der Waals surface area contributed by atoms with E-state index in [-0.39, 0.29) is 0 Å². The minimum Gasteiger partial charge on any atom is -0.306 e. The topological polar surface area (TPSA) is 37.6 Å². The number of hydrogen-bond donors (Lipinski definition) is 0. The molecule has 0 atom stereocenters. The summed E-state index contributed by atoms with van der Waals surface area (Å²) in [5.41, 5.74) is 2.49. The van der Waals surface area contributed by atoms with Crippen LogP contribution in [-0.2, 0) is 6.42 Å². The van der Waals surface area contributed by atoms with Gasteiger partial charge in [0, 0.05) is 25.4 Å². The summed E-state index contributed by atoms with van der Waals surface area (Å²) in [5, 5.41) is 0. The normalized spacial score (nSPS) is 16.4. The fraction of sp³-hybridized carbons (Fsp3) is 0.429. The number of imidazole rings is 1. The van der Waals surface area contributed by atoms with E-state index in [9.17, 15) is 4.79 Å². The molecule has 18 heavy (non-hydrogen) atoms. The van der Waals surface area contributed by atoms with Gasteiger partial charge < -0.3 is 9.30 Å². The zero-order chi connectivity index (χ0) is 12.4. The van der Waals surface area contributed by atoms with Crippen LogP contribution in [0, 0.1) is 0 Å². The lowest BCUT2D eigenvalue weighted by Crippen LogP contribution is -2.21. The van der Waals surface area contributed by atoms with Crippen LogP contribution in [0.15, 0.2) is 24.5 Å². The number of aromatic nitrogens is 2. The van der Waals surface area contributed by atoms with Crippen molar-refractivity contribution in [1.82, 2.24) is 14.3 Å². The van der Waals surface area contributed by atoms with Crippen molar-refractivity contribution >= 4 is 11.9 Å². The molecule has 0 saturated carbocycles. The van der Waals surface area contributed by atoms with Crippen LogP contribution in [0.25, 0.3) is 5.65 Å². The van der Waals surface area contributed by atoms with Gasteiger partial charge in [-0.05, 0) is 38.1 Å². The third-order valence-electron chi connectivity index (χ3n) is 3.57. The van der Waals surface area contributed by atoms with Crippen LogP contribution in [0.4, 0.5) is 0 Å². The molecule has 3 rings (SSSR count). The molecule has 0 unspecified atom stereocenters. The first-order chi connectivity index (χ1) is 8.86. The minimum absolute atomic E-state index is 0.657. The molecule has 1 saturated heterocycles. The van der Waals surface area contributed by atoms with Crippen molar-refractivity contribution in [2.75, 3.05) is 19.6 Å². The standard InChI is InChI=1S/C14H17N3O/c18-11-12-4-3-8-17-10-13(15-14(12)17)5-9-16-6-1-2-7-16/h3-4,8,10-11H,1-2,5-7,9H2. The SMILES string of the molecule is O=Cc1cccn2cc(CCN3CCCC3)nc12. The van der Waals surface area contributed by atoms with E-state index in [1.807, 2.05) is 22.9 Å². The van der Waals surface area contributed by atoms with Crippen molar-refractivity contribution < 1.29 is 4.79 Å². The Morgan fingerprint density at radius 2 is 2.17 bits per heavy atom. The molecule has 4 nitrogen and oxygen atoms in total. The average molecular weight is 243 g/mol. The Morgan fingerprint density at radius 3 is 2.94 bits per heavy atom. The average Bonchev–Trinajstić information content (AvgIpc) is 3.04. The first-order valence-corrected chi connectivity index (χ1v) is 6.51. The highest BCUT2D eigenvalue weighted by molar-refractivity contribution is 5.84. The van der Waals surface area contributed by atoms with E-state index in [4.69, 9.17) is 0 Å². The third-order valence-corrected chi connectivity index (χ3v) is 3.57. The zero-order valence-electron chi connectivity index (χ0n) is 10.4. The first kappa shape index (κ1) is 11.4. The Morgan fingerprint density at radius 1 is 1.33 bits per heavy atom. The Bertz CT molecular complexity index is 555. The summed E-state index contributed by atoms with van der Waals surface area (Å²) in [7, 11) is 0. The van der Waals surface area contributed by atoms with Gasteiger partial charge in [-0.1, -0.05) is 0 Å². The molecule has 1 aliphatic heterocycles. The fourth-order valence-corrected chi connectivity index (χ4v) is 2.58. The van der Waals surface area contributed by atoms with Gasteiger partial charge in [0.05, 0.1) is 11.3 Å². The summed E-state index contributed by atoms with van der Waals surface area (Å²) in [5.74, 6) is 0. The molecule has 4 heteroatoms. The van der Waals surface area contributed by atoms with E-state index in [0.717, 1.165) is 30.6 Å². The Labute approximate surface area is 106 Å². The van der Waals surface area contributed by atoms with Crippen LogP contribution in [0.1, 0.15) is 28.9 Å². The van der Waals surface area contributed by atoms with Crippen molar-refractivity contribution in [2.45, 2.75) is 19.3 Å². The molecular weight excluding hydrogens is 226 g/mol. The van der Waals surface area contributed by atoms with E-state index in [0.29, 0.717) is 5.56 Å². The van der Waals surface area contributed by atoms with Gasteiger partial charge in [0.15, 0.2) is 6.29 Å². The molecule has 0 bridgehead atoms. The summed E-state index contributed by atoms with van der Waals surface area (Å²) < 4.78 is 1.93. The highest BCUT2D eigenvalue weighted by Crippen LogP contribution is 2.12. The predicted molar refractivity (Wildman–Crippen MR) is 70.0 cm³/mol. The van der Waals surface area contributed by atoms with Crippen LogP contribution in [0.2, 0.25) is 0 Å². The lowest BCUT2D eigenvalue weighted by atomic mass is 10.3. The van der Waals surface area contributed by atoms with Gasteiger partial charge >= 0.3 is 0 Å². The van der Waals surface area contributed by atoms with Gasteiger partial charge in [-0.25, -0.2) is 4.98 Å². The number of pyridine rings is 1. The lowest BCUT2D eigenvalue weighted by Gasteiger charge is -2.12. The highest BCUT2D eigenvalue weighted by atomic mass is 16.1. The molecular formula is C14H17N3O. The fourth-order valence-electron chi connectivity index (χ4n) is 2.58. The highest BCUT2D eigenvalue weighted by Gasteiger charge is 2.12. The Hall–Kier alpha value is -1.68. The molecule has 94 valence electrons. The lowest BCUT2D eigenvalue weighted by molar-refractivity contribution is 0.112. The molecule has 3 heterocycles. The molecule has 0 spiro atoms. The number of carbonyl (C=O) groups excluding carboxylic acids is 1. The maximum Gasteiger partial charge on any atom is 0.153 e. The van der Waals surface area contributed by atoms with Crippen LogP contribution >= 0.6 is 0 Å². The number of carbonyl (C=O) groups is 1. The monoisotopic (exact) mass is 243 g/mol. The van der Waals surface area contributed by atoms with Gasteiger partial charge in [-0.15, -0.1) is 0 Å². The van der Waals surface area contributed by atoms with Crippen molar-refractivity contribution in [3.8, 4) is 0 Å². The number of fused-ring (bicyclic) bond motifs is 1. The summed E-state index contributed by atoms with van der Waals surface area (Å²) >= 11 is 0. The molecule has 0 radical (unpaired) electrons. The van der Waals surface area contributed by atoms with E-state index in [2.05, 4.69) is 9.88 Å². The molecule has 1 fully saturated rings. The summed E-state index contributed by atoms with van der Waals surface area (Å²) in [4.78, 5) is 18.0. The number of nitrogens with zero attached hydrogens (tertiary/aromatic N) is 3. The van der Waals surface area contributed by atoms with Crippen molar-refractivity contribution in [1.29, 1.82) is 0 Å². The van der Waals surface area contributed by atoms with Crippen LogP contribution in [0.3, 0.4) is 0 Å².